The zero-order chi connectivity index (χ0) is 13.1. The van der Waals surface area contributed by atoms with Gasteiger partial charge in [0.05, 0.1) is 10.0 Å². The van der Waals surface area contributed by atoms with Crippen molar-refractivity contribution in [2.75, 3.05) is 0 Å². The van der Waals surface area contributed by atoms with Crippen molar-refractivity contribution in [2.24, 2.45) is 0 Å². The fourth-order valence-corrected chi connectivity index (χ4v) is 2.74. The van der Waals surface area contributed by atoms with Crippen LogP contribution in [0.4, 0.5) is 8.78 Å². The summed E-state index contributed by atoms with van der Waals surface area (Å²) in [5.41, 5.74) is 0.507. The Morgan fingerprint density at radius 1 is 1.00 bits per heavy atom. The Kier molecular flexibility index (Phi) is 4.49. The van der Waals surface area contributed by atoms with Crippen LogP contribution in [-0.4, -0.2) is 0 Å². The molecule has 2 aromatic carbocycles. The van der Waals surface area contributed by atoms with Gasteiger partial charge in [-0.3, -0.25) is 0 Å². The Labute approximate surface area is 118 Å². The molecule has 0 aliphatic rings. The van der Waals surface area contributed by atoms with Gasteiger partial charge in [-0.25, -0.2) is 8.78 Å². The van der Waals surface area contributed by atoms with E-state index in [0.29, 0.717) is 11.3 Å². The molecule has 0 saturated heterocycles. The van der Waals surface area contributed by atoms with Crippen molar-refractivity contribution in [1.82, 2.24) is 0 Å². The second-order valence-electron chi connectivity index (χ2n) is 3.58. The first kappa shape index (κ1) is 13.7. The molecule has 2 aromatic rings. The van der Waals surface area contributed by atoms with Crippen LogP contribution in [-0.2, 0) is 5.75 Å². The van der Waals surface area contributed by atoms with Crippen LogP contribution in [0, 0.1) is 11.6 Å². The van der Waals surface area contributed by atoms with Crippen LogP contribution in [0.25, 0.3) is 0 Å². The quantitative estimate of drug-likeness (QED) is 0.669. The summed E-state index contributed by atoms with van der Waals surface area (Å²) in [6.07, 6.45) is 0. The molecule has 0 aliphatic heterocycles. The normalized spacial score (nSPS) is 10.7. The van der Waals surface area contributed by atoms with E-state index in [0.717, 1.165) is 4.90 Å². The molecule has 0 radical (unpaired) electrons. The smallest absolute Gasteiger partial charge is 0.145 e. The highest BCUT2D eigenvalue weighted by Crippen LogP contribution is 2.29. The zero-order valence-electron chi connectivity index (χ0n) is 9.09. The van der Waals surface area contributed by atoms with Gasteiger partial charge in [0, 0.05) is 10.6 Å². The first-order chi connectivity index (χ1) is 8.58. The van der Waals surface area contributed by atoms with Crippen molar-refractivity contribution in [3.8, 4) is 0 Å². The maximum Gasteiger partial charge on any atom is 0.145 e. The van der Waals surface area contributed by atoms with Gasteiger partial charge in [0.1, 0.15) is 11.6 Å². The second-order valence-corrected chi connectivity index (χ2v) is 5.44. The minimum atomic E-state index is -0.463. The zero-order valence-corrected chi connectivity index (χ0v) is 11.4. The summed E-state index contributed by atoms with van der Waals surface area (Å²) < 4.78 is 26.6. The summed E-state index contributed by atoms with van der Waals surface area (Å²) in [4.78, 5) is 0.778. The van der Waals surface area contributed by atoms with Gasteiger partial charge >= 0.3 is 0 Å². The molecular weight excluding hydrogens is 297 g/mol. The number of hydrogen-bond acceptors (Lipinski definition) is 1. The molecular formula is C13H8Cl2F2S. The molecule has 0 unspecified atom stereocenters. The van der Waals surface area contributed by atoms with E-state index >= 15 is 0 Å². The molecule has 94 valence electrons. The Bertz CT molecular complexity index is 573. The average Bonchev–Trinajstić information content (AvgIpc) is 2.35. The molecule has 5 heteroatoms. The minimum Gasteiger partial charge on any atom is -0.205 e. The molecule has 0 N–H and O–H groups in total. The molecule has 0 bridgehead atoms. The van der Waals surface area contributed by atoms with E-state index in [2.05, 4.69) is 0 Å². The molecule has 2 rings (SSSR count). The van der Waals surface area contributed by atoms with Gasteiger partial charge in [-0.1, -0.05) is 35.3 Å². The Balaban J connectivity index is 2.11. The van der Waals surface area contributed by atoms with Crippen molar-refractivity contribution < 1.29 is 8.78 Å². The predicted octanol–water partition coefficient (Wildman–Crippen LogP) is 5.56. The Morgan fingerprint density at radius 3 is 2.50 bits per heavy atom. The first-order valence-electron chi connectivity index (χ1n) is 5.08. The second kappa shape index (κ2) is 5.91. The summed E-state index contributed by atoms with van der Waals surface area (Å²) in [5.74, 6) is -0.469. The van der Waals surface area contributed by atoms with E-state index in [1.807, 2.05) is 0 Å². The van der Waals surface area contributed by atoms with Crippen molar-refractivity contribution >= 4 is 35.0 Å². The van der Waals surface area contributed by atoms with Gasteiger partial charge in [0.15, 0.2) is 0 Å². The van der Waals surface area contributed by atoms with Crippen LogP contribution in [0.2, 0.25) is 10.0 Å². The monoisotopic (exact) mass is 304 g/mol. The van der Waals surface area contributed by atoms with Gasteiger partial charge < -0.3 is 0 Å². The minimum absolute atomic E-state index is 0.0616. The summed E-state index contributed by atoms with van der Waals surface area (Å²) >= 11 is 12.7. The molecule has 0 spiro atoms. The van der Waals surface area contributed by atoms with E-state index in [1.165, 1.54) is 30.0 Å². The van der Waals surface area contributed by atoms with Crippen molar-refractivity contribution in [1.29, 1.82) is 0 Å². The van der Waals surface area contributed by atoms with Crippen LogP contribution >= 0.6 is 35.0 Å². The van der Waals surface area contributed by atoms with Crippen LogP contribution in [0.15, 0.2) is 41.3 Å². The lowest BCUT2D eigenvalue weighted by molar-refractivity contribution is 0.617. The van der Waals surface area contributed by atoms with Crippen molar-refractivity contribution in [3.63, 3.8) is 0 Å². The standard InChI is InChI=1S/C13H8Cl2F2S/c14-10-3-1-2-8(13(10)17)7-18-9-4-5-12(16)11(15)6-9/h1-6H,7H2. The maximum absolute atomic E-state index is 13.6. The van der Waals surface area contributed by atoms with E-state index in [-0.39, 0.29) is 10.0 Å². The molecule has 0 atom stereocenters. The highest BCUT2D eigenvalue weighted by molar-refractivity contribution is 7.98. The van der Waals surface area contributed by atoms with Crippen LogP contribution in [0.1, 0.15) is 5.56 Å². The fraction of sp³-hybridized carbons (Fsp3) is 0.0769. The average molecular weight is 305 g/mol. The summed E-state index contributed by atoms with van der Waals surface area (Å²) in [6.45, 7) is 0. The Hall–Kier alpha value is -0.770. The molecule has 0 heterocycles. The third-order valence-corrected chi connectivity index (χ3v) is 3.94. The van der Waals surface area contributed by atoms with E-state index in [9.17, 15) is 8.78 Å². The lowest BCUT2D eigenvalue weighted by Gasteiger charge is -2.05. The number of halogens is 4. The molecule has 0 nitrogen and oxygen atoms in total. The molecule has 0 amide bonds. The number of benzene rings is 2. The van der Waals surface area contributed by atoms with Crippen LogP contribution < -0.4 is 0 Å². The summed E-state index contributed by atoms with van der Waals surface area (Å²) in [7, 11) is 0. The highest BCUT2D eigenvalue weighted by Gasteiger charge is 2.07. The Morgan fingerprint density at radius 2 is 1.78 bits per heavy atom. The van der Waals surface area contributed by atoms with Crippen molar-refractivity contribution in [2.45, 2.75) is 10.6 Å². The maximum atomic E-state index is 13.6. The van der Waals surface area contributed by atoms with E-state index in [4.69, 9.17) is 23.2 Å². The van der Waals surface area contributed by atoms with Gasteiger partial charge in [-0.2, -0.15) is 0 Å². The molecule has 18 heavy (non-hydrogen) atoms. The molecule has 0 saturated carbocycles. The van der Waals surface area contributed by atoms with Crippen LogP contribution in [0.3, 0.4) is 0 Å². The van der Waals surface area contributed by atoms with Gasteiger partial charge in [-0.15, -0.1) is 11.8 Å². The molecule has 0 aromatic heterocycles. The van der Waals surface area contributed by atoms with E-state index in [1.54, 1.807) is 18.2 Å². The molecule has 0 aliphatic carbocycles. The van der Waals surface area contributed by atoms with Gasteiger partial charge in [0.25, 0.3) is 0 Å². The lowest BCUT2D eigenvalue weighted by Crippen LogP contribution is -1.88. The fourth-order valence-electron chi connectivity index (χ4n) is 1.39. The largest absolute Gasteiger partial charge is 0.205 e. The molecule has 0 fully saturated rings. The number of rotatable bonds is 3. The summed E-state index contributed by atoms with van der Waals surface area (Å²) in [6, 6.07) is 9.27. The van der Waals surface area contributed by atoms with Crippen molar-refractivity contribution in [3.05, 3.63) is 63.6 Å². The first-order valence-corrected chi connectivity index (χ1v) is 6.83. The topological polar surface area (TPSA) is 0 Å². The number of thioether (sulfide) groups is 1. The predicted molar refractivity (Wildman–Crippen MR) is 72.4 cm³/mol. The lowest BCUT2D eigenvalue weighted by atomic mass is 10.2. The number of hydrogen-bond donors (Lipinski definition) is 0. The van der Waals surface area contributed by atoms with Gasteiger partial charge in [-0.05, 0) is 29.8 Å². The SMILES string of the molecule is Fc1ccc(SCc2cccc(Cl)c2F)cc1Cl. The van der Waals surface area contributed by atoms with E-state index < -0.39 is 11.6 Å². The van der Waals surface area contributed by atoms with Gasteiger partial charge in [0.2, 0.25) is 0 Å². The van der Waals surface area contributed by atoms with Crippen LogP contribution in [0.5, 0.6) is 0 Å². The highest BCUT2D eigenvalue weighted by atomic mass is 35.5. The third kappa shape index (κ3) is 3.16. The third-order valence-electron chi connectivity index (χ3n) is 2.32. The summed E-state index contributed by atoms with van der Waals surface area (Å²) in [5, 5.41) is 0.164.